The molecule has 1 aromatic heterocycles. The number of nitrogens with zero attached hydrogens (tertiary/aromatic N) is 2. The van der Waals surface area contributed by atoms with Crippen LogP contribution in [0, 0.1) is 0 Å². The Morgan fingerprint density at radius 1 is 0.944 bits per heavy atom. The Balaban J connectivity index is 1.58. The second-order valence-corrected chi connectivity index (χ2v) is 8.46. The molecule has 2 amide bonds. The molecule has 7 heteroatoms. The molecule has 184 valence electrons. The van der Waals surface area contributed by atoms with E-state index in [1.807, 2.05) is 60.5 Å². The molecular formula is C29H29N3O4. The fourth-order valence-corrected chi connectivity index (χ4v) is 4.69. The number of carbonyl (C=O) groups is 1. The molecule has 1 aliphatic rings. The number of aromatic nitrogens is 1. The maximum absolute atomic E-state index is 13.9. The average molecular weight is 484 g/mol. The van der Waals surface area contributed by atoms with E-state index in [9.17, 15) is 4.79 Å². The average Bonchev–Trinajstić information content (AvgIpc) is 3.34. The molecule has 36 heavy (non-hydrogen) atoms. The maximum Gasteiger partial charge on any atom is 0.323 e. The summed E-state index contributed by atoms with van der Waals surface area (Å²) >= 11 is 0. The van der Waals surface area contributed by atoms with Gasteiger partial charge in [-0.25, -0.2) is 4.79 Å². The van der Waals surface area contributed by atoms with Crippen LogP contribution in [-0.2, 0) is 6.54 Å². The molecule has 7 nitrogen and oxygen atoms in total. The summed E-state index contributed by atoms with van der Waals surface area (Å²) in [5.41, 5.74) is 4.68. The number of hydrogen-bond donors (Lipinski definition) is 1. The van der Waals surface area contributed by atoms with Gasteiger partial charge in [0.05, 0.1) is 44.8 Å². The highest BCUT2D eigenvalue weighted by molar-refractivity contribution is 5.92. The van der Waals surface area contributed by atoms with Gasteiger partial charge in [-0.1, -0.05) is 30.3 Å². The minimum absolute atomic E-state index is 0.234. The second-order valence-electron chi connectivity index (χ2n) is 8.46. The topological polar surface area (TPSA) is 65.0 Å². The summed E-state index contributed by atoms with van der Waals surface area (Å²) in [5.74, 6) is 1.98. The molecule has 5 rings (SSSR count). The Morgan fingerprint density at radius 2 is 1.72 bits per heavy atom. The highest BCUT2D eigenvalue weighted by Gasteiger charge is 2.33. The first kappa shape index (κ1) is 23.4. The molecule has 3 aromatic carbocycles. The number of anilines is 1. The first-order chi connectivity index (χ1) is 17.6. The van der Waals surface area contributed by atoms with Crippen molar-refractivity contribution >= 4 is 11.7 Å². The summed E-state index contributed by atoms with van der Waals surface area (Å²) in [4.78, 5) is 15.8. The number of rotatable bonds is 6. The molecule has 1 N–H and O–H groups in total. The van der Waals surface area contributed by atoms with Crippen molar-refractivity contribution in [2.75, 3.05) is 26.1 Å². The lowest BCUT2D eigenvalue weighted by Crippen LogP contribution is -2.38. The molecule has 0 unspecified atom stereocenters. The number of urea groups is 1. The van der Waals surface area contributed by atoms with E-state index < -0.39 is 0 Å². The van der Waals surface area contributed by atoms with Crippen LogP contribution in [0.4, 0.5) is 10.5 Å². The molecule has 0 saturated heterocycles. The molecule has 1 aliphatic heterocycles. The van der Waals surface area contributed by atoms with Crippen molar-refractivity contribution in [1.82, 2.24) is 9.47 Å². The van der Waals surface area contributed by atoms with E-state index in [0.29, 0.717) is 30.3 Å². The Bertz CT molecular complexity index is 1360. The predicted octanol–water partition coefficient (Wildman–Crippen LogP) is 6.03. The molecule has 4 aromatic rings. The van der Waals surface area contributed by atoms with Gasteiger partial charge in [0.25, 0.3) is 0 Å². The van der Waals surface area contributed by atoms with Gasteiger partial charge in [0.2, 0.25) is 0 Å². The standard InChI is InChI=1S/C29H29N3O4/c1-4-36-22-13-11-20(12-14-22)28-26-10-7-17-31(26)25-9-6-5-8-21(25)19-32(28)29(33)30-24-16-15-23(34-2)18-27(24)35-3/h5-18,28H,4,19H2,1-3H3,(H,30,33)/t28-/m1/s1. The van der Waals surface area contributed by atoms with Gasteiger partial charge >= 0.3 is 6.03 Å². The predicted molar refractivity (Wildman–Crippen MR) is 139 cm³/mol. The summed E-state index contributed by atoms with van der Waals surface area (Å²) in [7, 11) is 3.17. The molecule has 0 spiro atoms. The van der Waals surface area contributed by atoms with E-state index in [1.165, 1.54) is 0 Å². The Kier molecular flexibility index (Phi) is 6.54. The summed E-state index contributed by atoms with van der Waals surface area (Å²) < 4.78 is 18.6. The van der Waals surface area contributed by atoms with E-state index in [-0.39, 0.29) is 12.1 Å². The van der Waals surface area contributed by atoms with E-state index >= 15 is 0 Å². The van der Waals surface area contributed by atoms with Crippen LogP contribution in [0.25, 0.3) is 5.69 Å². The number of benzene rings is 3. The summed E-state index contributed by atoms with van der Waals surface area (Å²) in [6.07, 6.45) is 2.05. The molecule has 0 radical (unpaired) electrons. The minimum atomic E-state index is -0.327. The lowest BCUT2D eigenvalue weighted by Gasteiger charge is -2.31. The minimum Gasteiger partial charge on any atom is -0.497 e. The summed E-state index contributed by atoms with van der Waals surface area (Å²) in [5, 5.41) is 3.07. The van der Waals surface area contributed by atoms with Crippen molar-refractivity contribution in [1.29, 1.82) is 0 Å². The van der Waals surface area contributed by atoms with Crippen molar-refractivity contribution in [2.45, 2.75) is 19.5 Å². The normalized spacial score (nSPS) is 14.3. The first-order valence-electron chi connectivity index (χ1n) is 11.9. The number of fused-ring (bicyclic) bond motifs is 3. The largest absolute Gasteiger partial charge is 0.497 e. The number of hydrogen-bond acceptors (Lipinski definition) is 4. The van der Waals surface area contributed by atoms with Crippen LogP contribution < -0.4 is 19.5 Å². The zero-order valence-corrected chi connectivity index (χ0v) is 20.6. The van der Waals surface area contributed by atoms with Gasteiger partial charge in [0.1, 0.15) is 17.2 Å². The number of ether oxygens (including phenoxy) is 3. The maximum atomic E-state index is 13.9. The summed E-state index contributed by atoms with van der Waals surface area (Å²) in [6.45, 7) is 2.99. The third-order valence-corrected chi connectivity index (χ3v) is 6.38. The van der Waals surface area contributed by atoms with E-state index in [2.05, 4.69) is 28.1 Å². The van der Waals surface area contributed by atoms with Gasteiger partial charge in [-0.2, -0.15) is 0 Å². The highest BCUT2D eigenvalue weighted by atomic mass is 16.5. The SMILES string of the molecule is CCOc1ccc([C@@H]2c3cccn3-c3ccccc3CN2C(=O)Nc2ccc(OC)cc2OC)cc1. The number of para-hydroxylation sites is 1. The van der Waals surface area contributed by atoms with Crippen LogP contribution >= 0.6 is 0 Å². The smallest absolute Gasteiger partial charge is 0.323 e. The number of nitrogens with one attached hydrogen (secondary N) is 1. The van der Waals surface area contributed by atoms with Crippen LogP contribution in [-0.4, -0.2) is 36.3 Å². The van der Waals surface area contributed by atoms with Crippen LogP contribution in [0.15, 0.2) is 85.1 Å². The van der Waals surface area contributed by atoms with Crippen molar-refractivity contribution < 1.29 is 19.0 Å². The van der Waals surface area contributed by atoms with E-state index in [0.717, 1.165) is 28.3 Å². The van der Waals surface area contributed by atoms with Crippen molar-refractivity contribution in [2.24, 2.45) is 0 Å². The van der Waals surface area contributed by atoms with Crippen molar-refractivity contribution in [3.63, 3.8) is 0 Å². The van der Waals surface area contributed by atoms with Crippen molar-refractivity contribution in [3.8, 4) is 22.9 Å². The molecule has 2 heterocycles. The second kappa shape index (κ2) is 10.1. The zero-order valence-electron chi connectivity index (χ0n) is 20.6. The first-order valence-corrected chi connectivity index (χ1v) is 11.9. The lowest BCUT2D eigenvalue weighted by molar-refractivity contribution is 0.194. The molecule has 0 fully saturated rings. The van der Waals surface area contributed by atoms with Gasteiger partial charge in [-0.05, 0) is 60.5 Å². The molecule has 1 atom stereocenters. The van der Waals surface area contributed by atoms with Gasteiger partial charge in [0.15, 0.2) is 0 Å². The highest BCUT2D eigenvalue weighted by Crippen LogP contribution is 2.38. The summed E-state index contributed by atoms with van der Waals surface area (Å²) in [6, 6.07) is 25.0. The Morgan fingerprint density at radius 3 is 2.47 bits per heavy atom. The van der Waals surface area contributed by atoms with Crippen molar-refractivity contribution in [3.05, 3.63) is 102 Å². The Hall–Kier alpha value is -4.39. The monoisotopic (exact) mass is 483 g/mol. The van der Waals surface area contributed by atoms with Gasteiger partial charge in [-0.3, -0.25) is 0 Å². The third kappa shape index (κ3) is 4.35. The van der Waals surface area contributed by atoms with Crippen LogP contribution in [0.5, 0.6) is 17.2 Å². The fourth-order valence-electron chi connectivity index (χ4n) is 4.69. The number of methoxy groups -OCH3 is 2. The molecule has 0 aliphatic carbocycles. The number of amides is 2. The fraction of sp³-hybridized carbons (Fsp3) is 0.207. The lowest BCUT2D eigenvalue weighted by atomic mass is 10.0. The van der Waals surface area contributed by atoms with E-state index in [4.69, 9.17) is 14.2 Å². The Labute approximate surface area is 210 Å². The zero-order chi connectivity index (χ0) is 25.1. The van der Waals surface area contributed by atoms with Crippen LogP contribution in [0.3, 0.4) is 0 Å². The molecule has 0 saturated carbocycles. The van der Waals surface area contributed by atoms with Gasteiger partial charge in [-0.15, -0.1) is 0 Å². The quantitative estimate of drug-likeness (QED) is 0.364. The third-order valence-electron chi connectivity index (χ3n) is 6.38. The van der Waals surface area contributed by atoms with E-state index in [1.54, 1.807) is 32.4 Å². The van der Waals surface area contributed by atoms with Crippen LogP contribution in [0.1, 0.15) is 29.8 Å². The van der Waals surface area contributed by atoms with Crippen LogP contribution in [0.2, 0.25) is 0 Å². The number of carbonyl (C=O) groups excluding carboxylic acids is 1. The van der Waals surface area contributed by atoms with Gasteiger partial charge < -0.3 is 29.0 Å². The molecule has 0 bridgehead atoms. The van der Waals surface area contributed by atoms with Gasteiger partial charge in [0, 0.05) is 18.0 Å². The molecular weight excluding hydrogens is 454 g/mol.